The van der Waals surface area contributed by atoms with E-state index in [0.717, 1.165) is 12.2 Å². The predicted octanol–water partition coefficient (Wildman–Crippen LogP) is 1.32. The first kappa shape index (κ1) is 20.2. The van der Waals surface area contributed by atoms with E-state index in [9.17, 15) is 19.2 Å². The Balaban J connectivity index is 2.21. The minimum absolute atomic E-state index is 0.0507. The van der Waals surface area contributed by atoms with E-state index in [1.165, 1.54) is 28.4 Å². The van der Waals surface area contributed by atoms with E-state index in [4.69, 9.17) is 18.9 Å². The number of Topliss-reactive ketones (excluding diaryl/α,β-unsaturated/α-hetero) is 2. The summed E-state index contributed by atoms with van der Waals surface area (Å²) in [6.07, 6.45) is 2.77. The van der Waals surface area contributed by atoms with Crippen LogP contribution in [0.1, 0.15) is 19.3 Å². The molecule has 8 heteroatoms. The Morgan fingerprint density at radius 3 is 1.30 bits per heavy atom. The molecule has 0 heterocycles. The van der Waals surface area contributed by atoms with Crippen LogP contribution in [0.5, 0.6) is 0 Å². The molecule has 27 heavy (non-hydrogen) atoms. The predicted molar refractivity (Wildman–Crippen MR) is 92.1 cm³/mol. The zero-order valence-electron chi connectivity index (χ0n) is 15.5. The molecule has 144 valence electrons. The van der Waals surface area contributed by atoms with E-state index in [2.05, 4.69) is 0 Å². The highest BCUT2D eigenvalue weighted by molar-refractivity contribution is 6.22. The lowest BCUT2D eigenvalue weighted by molar-refractivity contribution is -0.120. The largest absolute Gasteiger partial charge is 0.493 e. The van der Waals surface area contributed by atoms with Crippen LogP contribution >= 0.6 is 0 Å². The van der Waals surface area contributed by atoms with Gasteiger partial charge in [-0.1, -0.05) is 0 Å². The summed E-state index contributed by atoms with van der Waals surface area (Å²) < 4.78 is 20.0. The monoisotopic (exact) mass is 376 g/mol. The molecule has 2 aliphatic rings. The van der Waals surface area contributed by atoms with Crippen LogP contribution in [-0.2, 0) is 38.1 Å². The number of ketones is 4. The van der Waals surface area contributed by atoms with Gasteiger partial charge >= 0.3 is 0 Å². The highest BCUT2D eigenvalue weighted by atomic mass is 16.5. The van der Waals surface area contributed by atoms with E-state index < -0.39 is 23.1 Å². The first-order valence-corrected chi connectivity index (χ1v) is 8.13. The van der Waals surface area contributed by atoms with Gasteiger partial charge in [0.2, 0.25) is 23.1 Å². The first-order valence-electron chi connectivity index (χ1n) is 8.13. The van der Waals surface area contributed by atoms with Crippen molar-refractivity contribution in [3.63, 3.8) is 0 Å². The summed E-state index contributed by atoms with van der Waals surface area (Å²) in [6, 6.07) is 0. The van der Waals surface area contributed by atoms with E-state index >= 15 is 0 Å². The zero-order valence-corrected chi connectivity index (χ0v) is 15.5. The molecule has 0 aromatic rings. The Hall–Kier alpha value is -3.16. The Bertz CT molecular complexity index is 755. The maximum atomic E-state index is 12.4. The fourth-order valence-corrected chi connectivity index (χ4v) is 2.95. The summed E-state index contributed by atoms with van der Waals surface area (Å²) in [6.45, 7) is 0. The van der Waals surface area contributed by atoms with Gasteiger partial charge in [-0.05, 0) is 19.3 Å². The van der Waals surface area contributed by atoms with Crippen molar-refractivity contribution in [3.8, 4) is 0 Å². The number of methoxy groups -OCH3 is 4. The third-order valence-electron chi connectivity index (χ3n) is 4.22. The molecule has 0 bridgehead atoms. The lowest BCUT2D eigenvalue weighted by Gasteiger charge is -2.19. The second-order valence-corrected chi connectivity index (χ2v) is 5.69. The standard InChI is InChI=1S/C19H20O8/c1-24-14-8-12(20)18(26-3)10(16(14)22)6-5-7-11-17(23)15(25-2)9-13(21)19(11)27-4/h8-9H,5-7H2,1-4H3. The molecule has 0 saturated carbocycles. The van der Waals surface area contributed by atoms with Crippen molar-refractivity contribution in [2.24, 2.45) is 0 Å². The maximum Gasteiger partial charge on any atom is 0.227 e. The van der Waals surface area contributed by atoms with Gasteiger partial charge in [-0.2, -0.15) is 0 Å². The van der Waals surface area contributed by atoms with Crippen molar-refractivity contribution in [1.29, 1.82) is 0 Å². The van der Waals surface area contributed by atoms with Gasteiger partial charge in [0, 0.05) is 23.3 Å². The SMILES string of the molecule is COC1=CC(=O)C(OC)=C(CCCC2=C(OC)C(=O)C=C(OC)C2=O)C1=O. The van der Waals surface area contributed by atoms with Crippen LogP contribution in [0.2, 0.25) is 0 Å². The van der Waals surface area contributed by atoms with Crippen molar-refractivity contribution in [1.82, 2.24) is 0 Å². The molecule has 0 aliphatic heterocycles. The van der Waals surface area contributed by atoms with Crippen LogP contribution in [0.4, 0.5) is 0 Å². The summed E-state index contributed by atoms with van der Waals surface area (Å²) in [5, 5.41) is 0. The van der Waals surface area contributed by atoms with Crippen LogP contribution in [0.15, 0.2) is 46.3 Å². The zero-order chi connectivity index (χ0) is 20.1. The fourth-order valence-electron chi connectivity index (χ4n) is 2.95. The van der Waals surface area contributed by atoms with Gasteiger partial charge in [0.1, 0.15) is 0 Å². The highest BCUT2D eigenvalue weighted by Crippen LogP contribution is 2.28. The highest BCUT2D eigenvalue weighted by Gasteiger charge is 2.32. The van der Waals surface area contributed by atoms with Crippen LogP contribution in [-0.4, -0.2) is 51.6 Å². The number of hydrogen-bond acceptors (Lipinski definition) is 8. The van der Waals surface area contributed by atoms with Gasteiger partial charge in [-0.15, -0.1) is 0 Å². The second-order valence-electron chi connectivity index (χ2n) is 5.69. The molecule has 0 fully saturated rings. The molecule has 0 amide bonds. The third kappa shape index (κ3) is 3.84. The number of carbonyl (C=O) groups excluding carboxylic acids is 4. The first-order chi connectivity index (χ1) is 12.9. The van der Waals surface area contributed by atoms with Crippen molar-refractivity contribution in [3.05, 3.63) is 46.3 Å². The molecule has 0 aromatic carbocycles. The minimum atomic E-state index is -0.464. The van der Waals surface area contributed by atoms with Crippen molar-refractivity contribution in [2.45, 2.75) is 19.3 Å². The van der Waals surface area contributed by atoms with Crippen molar-refractivity contribution in [2.75, 3.05) is 28.4 Å². The molecular weight excluding hydrogens is 356 g/mol. The third-order valence-corrected chi connectivity index (χ3v) is 4.22. The molecule has 0 saturated heterocycles. The molecule has 0 spiro atoms. The molecule has 0 aromatic heterocycles. The minimum Gasteiger partial charge on any atom is -0.493 e. The van der Waals surface area contributed by atoms with Crippen LogP contribution < -0.4 is 0 Å². The van der Waals surface area contributed by atoms with Crippen molar-refractivity contribution >= 4 is 23.1 Å². The maximum absolute atomic E-state index is 12.4. The van der Waals surface area contributed by atoms with Crippen LogP contribution in [0, 0.1) is 0 Å². The van der Waals surface area contributed by atoms with Gasteiger partial charge in [0.15, 0.2) is 23.0 Å². The van der Waals surface area contributed by atoms with Crippen molar-refractivity contribution < 1.29 is 38.1 Å². The normalized spacial score (nSPS) is 17.8. The molecule has 2 rings (SSSR count). The second kappa shape index (κ2) is 8.48. The summed E-state index contributed by atoms with van der Waals surface area (Å²) in [5.41, 5.74) is 0.331. The molecule has 0 radical (unpaired) electrons. The van der Waals surface area contributed by atoms with Gasteiger partial charge in [-0.25, -0.2) is 0 Å². The van der Waals surface area contributed by atoms with E-state index in [0.29, 0.717) is 6.42 Å². The van der Waals surface area contributed by atoms with Crippen LogP contribution in [0.25, 0.3) is 0 Å². The molecule has 8 nitrogen and oxygen atoms in total. The lowest BCUT2D eigenvalue weighted by atomic mass is 9.91. The number of ether oxygens (including phenoxy) is 4. The number of carbonyl (C=O) groups is 4. The summed E-state index contributed by atoms with van der Waals surface area (Å²) in [4.78, 5) is 48.9. The Morgan fingerprint density at radius 1 is 0.630 bits per heavy atom. The van der Waals surface area contributed by atoms with E-state index in [1.807, 2.05) is 0 Å². The topological polar surface area (TPSA) is 105 Å². The lowest BCUT2D eigenvalue weighted by Crippen LogP contribution is -2.23. The fraction of sp³-hybridized carbons (Fsp3) is 0.368. The van der Waals surface area contributed by atoms with Crippen LogP contribution in [0.3, 0.4) is 0 Å². The van der Waals surface area contributed by atoms with E-state index in [-0.39, 0.29) is 47.0 Å². The summed E-state index contributed by atoms with van der Waals surface area (Å²) >= 11 is 0. The Kier molecular flexibility index (Phi) is 6.33. The molecule has 0 unspecified atom stereocenters. The molecular formula is C19H20O8. The number of rotatable bonds is 8. The quantitative estimate of drug-likeness (QED) is 0.584. The van der Waals surface area contributed by atoms with Gasteiger partial charge in [0.25, 0.3) is 0 Å². The van der Waals surface area contributed by atoms with E-state index in [1.54, 1.807) is 0 Å². The summed E-state index contributed by atoms with van der Waals surface area (Å²) in [5.74, 6) is -2.06. The average molecular weight is 376 g/mol. The Morgan fingerprint density at radius 2 is 1.00 bits per heavy atom. The molecule has 2 aliphatic carbocycles. The van der Waals surface area contributed by atoms with Gasteiger partial charge in [-0.3, -0.25) is 19.2 Å². The Labute approximate surface area is 156 Å². The van der Waals surface area contributed by atoms with Gasteiger partial charge in [0.05, 0.1) is 28.4 Å². The molecule has 0 N–H and O–H groups in total. The smallest absolute Gasteiger partial charge is 0.227 e. The van der Waals surface area contributed by atoms with Gasteiger partial charge < -0.3 is 18.9 Å². The molecule has 0 atom stereocenters. The number of hydrogen-bond donors (Lipinski definition) is 0. The summed E-state index contributed by atoms with van der Waals surface area (Å²) in [7, 11) is 5.20. The number of allylic oxidation sites excluding steroid dienone is 4. The average Bonchev–Trinajstić information content (AvgIpc) is 2.66.